The van der Waals surface area contributed by atoms with E-state index in [1.54, 1.807) is 6.08 Å². The molecule has 49 heavy (non-hydrogen) atoms. The lowest BCUT2D eigenvalue weighted by atomic mass is 10.0. The third-order valence-electron chi connectivity index (χ3n) is 8.44. The SMILES string of the molecule is C#C[C@@H](O)/C=C/CCCCCCC#C[C@H](O)C#C/C=C/CC/C=C\CCCC/C=C\CCCCCCCCCCCCCCC[C@@H](O)C#C. The van der Waals surface area contributed by atoms with Crippen LogP contribution in [0.4, 0.5) is 0 Å². The third kappa shape index (κ3) is 39.4. The van der Waals surface area contributed by atoms with Gasteiger partial charge in [-0.05, 0) is 95.6 Å². The Morgan fingerprint density at radius 3 is 1.45 bits per heavy atom. The molecule has 0 aliphatic heterocycles. The topological polar surface area (TPSA) is 60.7 Å². The molecule has 0 bridgehead atoms. The Morgan fingerprint density at radius 2 is 0.898 bits per heavy atom. The Hall–Kier alpha value is -2.92. The first-order valence-corrected chi connectivity index (χ1v) is 19.7. The predicted octanol–water partition coefficient (Wildman–Crippen LogP) is 11.1. The minimum absolute atomic E-state index is 0.545. The van der Waals surface area contributed by atoms with Gasteiger partial charge in [-0.2, -0.15) is 0 Å². The van der Waals surface area contributed by atoms with Gasteiger partial charge in [0.05, 0.1) is 0 Å². The molecule has 0 saturated carbocycles. The molecule has 0 aromatic rings. The monoisotopic (exact) mass is 671 g/mol. The molecule has 3 atom stereocenters. The van der Waals surface area contributed by atoms with Crippen molar-refractivity contribution in [2.75, 3.05) is 0 Å². The zero-order chi connectivity index (χ0) is 35.7. The minimum atomic E-state index is -0.886. The first-order chi connectivity index (χ1) is 24.1. The molecule has 0 radical (unpaired) electrons. The van der Waals surface area contributed by atoms with E-state index in [0.29, 0.717) is 0 Å². The van der Waals surface area contributed by atoms with Crippen molar-refractivity contribution in [3.63, 3.8) is 0 Å². The van der Waals surface area contributed by atoms with Crippen molar-refractivity contribution >= 4 is 0 Å². The van der Waals surface area contributed by atoms with Crippen LogP contribution in [0.2, 0.25) is 0 Å². The Labute approximate surface area is 303 Å². The highest BCUT2D eigenvalue weighted by atomic mass is 16.3. The van der Waals surface area contributed by atoms with E-state index >= 15 is 0 Å². The minimum Gasteiger partial charge on any atom is -0.380 e. The zero-order valence-corrected chi connectivity index (χ0v) is 30.9. The highest BCUT2D eigenvalue weighted by Gasteiger charge is 1.98. The van der Waals surface area contributed by atoms with E-state index < -0.39 is 18.3 Å². The second kappa shape index (κ2) is 39.5. The van der Waals surface area contributed by atoms with Gasteiger partial charge in [0.1, 0.15) is 12.2 Å². The van der Waals surface area contributed by atoms with Crippen molar-refractivity contribution in [1.29, 1.82) is 0 Å². The number of rotatable bonds is 31. The molecule has 0 spiro atoms. The summed E-state index contributed by atoms with van der Waals surface area (Å²) in [6.45, 7) is 0. The van der Waals surface area contributed by atoms with Crippen molar-refractivity contribution in [3.8, 4) is 48.4 Å². The summed E-state index contributed by atoms with van der Waals surface area (Å²) in [5.74, 6) is 16.1. The molecule has 0 fully saturated rings. The molecule has 3 N–H and O–H groups in total. The van der Waals surface area contributed by atoms with Crippen LogP contribution >= 0.6 is 0 Å². The van der Waals surface area contributed by atoms with E-state index in [9.17, 15) is 15.3 Å². The van der Waals surface area contributed by atoms with Crippen LogP contribution in [0.5, 0.6) is 0 Å². The molecule has 3 nitrogen and oxygen atoms in total. The highest BCUT2D eigenvalue weighted by Crippen LogP contribution is 2.14. The maximum Gasteiger partial charge on any atom is 0.176 e. The summed E-state index contributed by atoms with van der Waals surface area (Å²) in [5.41, 5.74) is 0. The molecule has 0 heterocycles. The quantitative estimate of drug-likeness (QED) is 0.0391. The lowest BCUT2D eigenvalue weighted by Crippen LogP contribution is -2.01. The van der Waals surface area contributed by atoms with Gasteiger partial charge >= 0.3 is 0 Å². The fourth-order valence-corrected chi connectivity index (χ4v) is 5.40. The smallest absolute Gasteiger partial charge is 0.176 e. The van der Waals surface area contributed by atoms with E-state index in [-0.39, 0.29) is 0 Å². The van der Waals surface area contributed by atoms with E-state index in [1.165, 1.54) is 103 Å². The maximum absolute atomic E-state index is 9.88. The number of aliphatic hydroxyl groups excluding tert-OH is 3. The average molecular weight is 671 g/mol. The summed E-state index contributed by atoms with van der Waals surface area (Å²) in [6.07, 6.45) is 56.9. The molecular weight excluding hydrogens is 601 g/mol. The van der Waals surface area contributed by atoms with E-state index in [0.717, 1.165) is 70.6 Å². The Kier molecular flexibility index (Phi) is 37.2. The third-order valence-corrected chi connectivity index (χ3v) is 8.44. The normalized spacial score (nSPS) is 13.2. The van der Waals surface area contributed by atoms with Crippen molar-refractivity contribution in [2.45, 2.75) is 192 Å². The van der Waals surface area contributed by atoms with Gasteiger partial charge in [0.25, 0.3) is 0 Å². The molecule has 272 valence electrons. The molecule has 0 rings (SSSR count). The van der Waals surface area contributed by atoms with Gasteiger partial charge in [0.15, 0.2) is 6.10 Å². The van der Waals surface area contributed by atoms with E-state index in [4.69, 9.17) is 12.8 Å². The van der Waals surface area contributed by atoms with Gasteiger partial charge in [-0.15, -0.1) is 12.8 Å². The highest BCUT2D eigenvalue weighted by molar-refractivity contribution is 5.24. The molecule has 0 saturated heterocycles. The summed E-state index contributed by atoms with van der Waals surface area (Å²) in [6, 6.07) is 0. The summed E-state index contributed by atoms with van der Waals surface area (Å²) < 4.78 is 0. The van der Waals surface area contributed by atoms with Gasteiger partial charge in [-0.25, -0.2) is 0 Å². The zero-order valence-electron chi connectivity index (χ0n) is 30.9. The van der Waals surface area contributed by atoms with Crippen LogP contribution in [0.1, 0.15) is 173 Å². The van der Waals surface area contributed by atoms with Crippen LogP contribution in [-0.4, -0.2) is 33.6 Å². The van der Waals surface area contributed by atoms with Crippen LogP contribution in [0.3, 0.4) is 0 Å². The Balaban J connectivity index is 3.46. The van der Waals surface area contributed by atoms with Crippen molar-refractivity contribution < 1.29 is 15.3 Å². The van der Waals surface area contributed by atoms with Gasteiger partial charge in [0, 0.05) is 6.42 Å². The van der Waals surface area contributed by atoms with E-state index in [1.807, 2.05) is 12.2 Å². The van der Waals surface area contributed by atoms with Crippen LogP contribution in [-0.2, 0) is 0 Å². The standard InChI is InChI=1S/C46H70O3/c1-3-44(47)40-36-32-28-24-22-20-18-16-14-12-10-8-6-5-7-9-11-13-15-17-19-21-23-25-30-34-38-42-46(49)43-39-35-31-27-26-29-33-37-41-45(48)4-2/h1-2,7,9,19,21,30,34,37,41,44-49H,5-6,8,10-18,20,22-29,31-33,35-36,40H2/b9-7-,21-19-,34-30+,41-37+/t44-,45+,46+/m0/s1. The second-order valence-electron chi connectivity index (χ2n) is 13.1. The van der Waals surface area contributed by atoms with Crippen LogP contribution < -0.4 is 0 Å². The predicted molar refractivity (Wildman–Crippen MR) is 212 cm³/mol. The average Bonchev–Trinajstić information content (AvgIpc) is 3.11. The van der Waals surface area contributed by atoms with Crippen LogP contribution in [0.25, 0.3) is 0 Å². The number of terminal acetylenes is 2. The molecule has 0 unspecified atom stereocenters. The fraction of sp³-hybridized carbons (Fsp3) is 0.652. The molecule has 0 aromatic heterocycles. The number of allylic oxidation sites excluding steroid dienone is 7. The fourth-order valence-electron chi connectivity index (χ4n) is 5.40. The number of hydrogen-bond donors (Lipinski definition) is 3. The van der Waals surface area contributed by atoms with Crippen molar-refractivity contribution in [2.24, 2.45) is 0 Å². The molecule has 0 aliphatic rings. The molecular formula is C46H70O3. The summed E-state index contributed by atoms with van der Waals surface area (Å²) in [4.78, 5) is 0. The molecule has 0 aliphatic carbocycles. The first-order valence-electron chi connectivity index (χ1n) is 19.7. The van der Waals surface area contributed by atoms with Gasteiger partial charge in [0.2, 0.25) is 0 Å². The Bertz CT molecular complexity index is 1060. The van der Waals surface area contributed by atoms with Gasteiger partial charge < -0.3 is 15.3 Å². The van der Waals surface area contributed by atoms with Crippen LogP contribution in [0.15, 0.2) is 48.6 Å². The lowest BCUT2D eigenvalue weighted by molar-refractivity contribution is 0.217. The lowest BCUT2D eigenvalue weighted by Gasteiger charge is -2.04. The second-order valence-corrected chi connectivity index (χ2v) is 13.1. The van der Waals surface area contributed by atoms with Crippen molar-refractivity contribution in [1.82, 2.24) is 0 Å². The number of unbranched alkanes of at least 4 members (excludes halogenated alkanes) is 22. The van der Waals surface area contributed by atoms with Gasteiger partial charge in [-0.1, -0.05) is 155 Å². The summed E-state index contributed by atoms with van der Waals surface area (Å²) >= 11 is 0. The number of hydrogen-bond acceptors (Lipinski definition) is 3. The number of aliphatic hydroxyl groups is 3. The largest absolute Gasteiger partial charge is 0.380 e. The first kappa shape index (κ1) is 46.1. The molecule has 0 amide bonds. The maximum atomic E-state index is 9.88. The van der Waals surface area contributed by atoms with E-state index in [2.05, 4.69) is 65.9 Å². The Morgan fingerprint density at radius 1 is 0.449 bits per heavy atom. The molecule has 3 heteroatoms. The van der Waals surface area contributed by atoms with Crippen molar-refractivity contribution in [3.05, 3.63) is 48.6 Å². The van der Waals surface area contributed by atoms with Crippen LogP contribution in [0, 0.1) is 48.4 Å². The summed E-state index contributed by atoms with van der Waals surface area (Å²) in [5, 5.41) is 28.5. The van der Waals surface area contributed by atoms with Gasteiger partial charge in [-0.3, -0.25) is 0 Å². The summed E-state index contributed by atoms with van der Waals surface area (Å²) in [7, 11) is 0. The molecule has 0 aromatic carbocycles.